The number of ether oxygens (including phenoxy) is 1. The van der Waals surface area contributed by atoms with Crippen molar-refractivity contribution in [3.63, 3.8) is 0 Å². The molecule has 0 aliphatic heterocycles. The van der Waals surface area contributed by atoms with Crippen molar-refractivity contribution in [1.82, 2.24) is 0 Å². The minimum absolute atomic E-state index is 0.0900. The fourth-order valence-corrected chi connectivity index (χ4v) is 3.44. The molecule has 0 spiro atoms. The molecule has 0 bridgehead atoms. The maximum absolute atomic E-state index is 11.4. The van der Waals surface area contributed by atoms with E-state index in [0.29, 0.717) is 13.0 Å². The van der Waals surface area contributed by atoms with Crippen LogP contribution in [0.5, 0.6) is 0 Å². The third-order valence-electron chi connectivity index (χ3n) is 3.78. The summed E-state index contributed by atoms with van der Waals surface area (Å²) >= 11 is 1.83. The zero-order chi connectivity index (χ0) is 13.9. The van der Waals surface area contributed by atoms with E-state index in [9.17, 15) is 4.79 Å². The highest BCUT2D eigenvalue weighted by atomic mass is 32.2. The first-order valence-electron chi connectivity index (χ1n) is 6.58. The summed E-state index contributed by atoms with van der Waals surface area (Å²) in [5.41, 5.74) is 8.28. The Kier molecular flexibility index (Phi) is 4.53. The summed E-state index contributed by atoms with van der Waals surface area (Å²) in [5.74, 6) is 0.900. The van der Waals surface area contributed by atoms with Crippen LogP contribution in [0.25, 0.3) is 0 Å². The number of hydrogen-bond donors (Lipinski definition) is 1. The van der Waals surface area contributed by atoms with Gasteiger partial charge in [-0.15, -0.1) is 11.8 Å². The van der Waals surface area contributed by atoms with Gasteiger partial charge in [0.05, 0.1) is 13.5 Å². The van der Waals surface area contributed by atoms with Gasteiger partial charge in [-0.2, -0.15) is 0 Å². The van der Waals surface area contributed by atoms with E-state index in [1.807, 2.05) is 11.8 Å². The summed E-state index contributed by atoms with van der Waals surface area (Å²) in [6, 6.07) is 6.40. The summed E-state index contributed by atoms with van der Waals surface area (Å²) in [6.07, 6.45) is 2.82. The van der Waals surface area contributed by atoms with Gasteiger partial charge in [0.2, 0.25) is 0 Å². The van der Waals surface area contributed by atoms with Crippen LogP contribution in [0, 0.1) is 12.3 Å². The number of rotatable bonds is 6. The Morgan fingerprint density at radius 2 is 2.21 bits per heavy atom. The zero-order valence-corrected chi connectivity index (χ0v) is 12.4. The summed E-state index contributed by atoms with van der Waals surface area (Å²) < 4.78 is 4.77. The molecule has 0 aromatic heterocycles. The van der Waals surface area contributed by atoms with Crippen LogP contribution in [0.2, 0.25) is 0 Å². The molecule has 1 aromatic carbocycles. The number of esters is 1. The van der Waals surface area contributed by atoms with Crippen LogP contribution >= 0.6 is 11.8 Å². The van der Waals surface area contributed by atoms with Crippen molar-refractivity contribution in [2.45, 2.75) is 37.6 Å². The molecule has 0 heterocycles. The molecule has 1 aliphatic rings. The smallest absolute Gasteiger partial charge is 0.306 e. The molecule has 1 saturated carbocycles. The van der Waals surface area contributed by atoms with Gasteiger partial charge in [-0.1, -0.05) is 6.07 Å². The molecule has 0 unspecified atom stereocenters. The molecule has 4 heteroatoms. The van der Waals surface area contributed by atoms with Gasteiger partial charge >= 0.3 is 5.97 Å². The summed E-state index contributed by atoms with van der Waals surface area (Å²) in [7, 11) is 1.46. The first-order valence-corrected chi connectivity index (χ1v) is 7.56. The fourth-order valence-electron chi connectivity index (χ4n) is 2.15. The number of nitrogens with two attached hydrogens (primary N) is 1. The van der Waals surface area contributed by atoms with E-state index in [-0.39, 0.29) is 11.4 Å². The summed E-state index contributed by atoms with van der Waals surface area (Å²) in [6.45, 7) is 2.68. The molecule has 0 saturated heterocycles. The van der Waals surface area contributed by atoms with Gasteiger partial charge in [-0.25, -0.2) is 0 Å². The first kappa shape index (κ1) is 14.4. The quantitative estimate of drug-likeness (QED) is 0.642. The van der Waals surface area contributed by atoms with Crippen molar-refractivity contribution in [3.8, 4) is 0 Å². The van der Waals surface area contributed by atoms with Crippen LogP contribution < -0.4 is 5.73 Å². The normalized spacial score (nSPS) is 16.2. The largest absolute Gasteiger partial charge is 0.469 e. The third kappa shape index (κ3) is 3.74. The number of thioether (sulfide) groups is 1. The number of methoxy groups -OCH3 is 1. The number of carbonyl (C=O) groups excluding carboxylic acids is 1. The molecule has 2 N–H and O–H groups in total. The predicted octanol–water partition coefficient (Wildman–Crippen LogP) is 2.89. The van der Waals surface area contributed by atoms with E-state index in [1.54, 1.807) is 0 Å². The van der Waals surface area contributed by atoms with E-state index < -0.39 is 0 Å². The van der Waals surface area contributed by atoms with Crippen molar-refractivity contribution in [2.24, 2.45) is 11.1 Å². The minimum Gasteiger partial charge on any atom is -0.469 e. The molecule has 1 aromatic rings. The maximum atomic E-state index is 11.4. The molecule has 104 valence electrons. The molecule has 1 fully saturated rings. The van der Waals surface area contributed by atoms with Gasteiger partial charge in [-0.3, -0.25) is 4.79 Å². The molecule has 2 rings (SSSR count). The van der Waals surface area contributed by atoms with Crippen molar-refractivity contribution in [1.29, 1.82) is 0 Å². The van der Waals surface area contributed by atoms with Gasteiger partial charge in [0, 0.05) is 17.2 Å². The molecule has 0 radical (unpaired) electrons. The van der Waals surface area contributed by atoms with Crippen molar-refractivity contribution < 1.29 is 9.53 Å². The van der Waals surface area contributed by atoms with Crippen molar-refractivity contribution in [2.75, 3.05) is 12.9 Å². The zero-order valence-electron chi connectivity index (χ0n) is 11.6. The van der Waals surface area contributed by atoms with Gasteiger partial charge in [0.25, 0.3) is 0 Å². The number of benzene rings is 1. The SMILES string of the molecule is COC(=O)CC1(CSc2ccc(CN)c(C)c2)CC1. The van der Waals surface area contributed by atoms with Gasteiger partial charge in [0.1, 0.15) is 0 Å². The average Bonchev–Trinajstić information content (AvgIpc) is 3.16. The first-order chi connectivity index (χ1) is 9.08. The van der Waals surface area contributed by atoms with Crippen LogP contribution in [0.1, 0.15) is 30.4 Å². The predicted molar refractivity (Wildman–Crippen MR) is 78.1 cm³/mol. The Labute approximate surface area is 118 Å². The lowest BCUT2D eigenvalue weighted by Gasteiger charge is -2.13. The lowest BCUT2D eigenvalue weighted by atomic mass is 10.1. The standard InChI is InChI=1S/C15H21NO2S/c1-11-7-13(4-3-12(11)9-16)19-10-15(5-6-15)8-14(17)18-2/h3-4,7H,5-6,8-10,16H2,1-2H3. The van der Waals surface area contributed by atoms with Crippen LogP contribution in [0.15, 0.2) is 23.1 Å². The number of aryl methyl sites for hydroxylation is 1. The molecular weight excluding hydrogens is 258 g/mol. The highest BCUT2D eigenvalue weighted by molar-refractivity contribution is 7.99. The van der Waals surface area contributed by atoms with E-state index in [4.69, 9.17) is 10.5 Å². The van der Waals surface area contributed by atoms with Gasteiger partial charge in [0.15, 0.2) is 0 Å². The highest BCUT2D eigenvalue weighted by Gasteiger charge is 2.44. The second-order valence-electron chi connectivity index (χ2n) is 5.33. The Balaban J connectivity index is 1.92. The Morgan fingerprint density at radius 3 is 2.74 bits per heavy atom. The van der Waals surface area contributed by atoms with Crippen LogP contribution in [0.4, 0.5) is 0 Å². The summed E-state index contributed by atoms with van der Waals surface area (Å²) in [4.78, 5) is 12.6. The second-order valence-corrected chi connectivity index (χ2v) is 6.38. The second kappa shape index (κ2) is 5.97. The molecule has 0 amide bonds. The number of hydrogen-bond acceptors (Lipinski definition) is 4. The van der Waals surface area contributed by atoms with E-state index in [2.05, 4.69) is 25.1 Å². The Morgan fingerprint density at radius 1 is 1.47 bits per heavy atom. The van der Waals surface area contributed by atoms with Crippen LogP contribution in [-0.2, 0) is 16.1 Å². The fraction of sp³-hybridized carbons (Fsp3) is 0.533. The van der Waals surface area contributed by atoms with Crippen LogP contribution in [0.3, 0.4) is 0 Å². The minimum atomic E-state index is -0.0900. The van der Waals surface area contributed by atoms with E-state index in [0.717, 1.165) is 18.6 Å². The van der Waals surface area contributed by atoms with Crippen LogP contribution in [-0.4, -0.2) is 18.8 Å². The molecule has 1 aliphatic carbocycles. The van der Waals surface area contributed by atoms with E-state index >= 15 is 0 Å². The maximum Gasteiger partial charge on any atom is 0.306 e. The Bertz CT molecular complexity index is 469. The van der Waals surface area contributed by atoms with E-state index in [1.165, 1.54) is 23.1 Å². The number of carbonyl (C=O) groups is 1. The lowest BCUT2D eigenvalue weighted by Crippen LogP contribution is -2.13. The van der Waals surface area contributed by atoms with Crippen molar-refractivity contribution in [3.05, 3.63) is 29.3 Å². The molecule has 3 nitrogen and oxygen atoms in total. The lowest BCUT2D eigenvalue weighted by molar-refractivity contribution is -0.141. The highest BCUT2D eigenvalue weighted by Crippen LogP contribution is 2.52. The molecular formula is C15H21NO2S. The average molecular weight is 279 g/mol. The Hall–Kier alpha value is -1.00. The molecule has 0 atom stereocenters. The third-order valence-corrected chi connectivity index (χ3v) is 5.13. The molecule has 19 heavy (non-hydrogen) atoms. The summed E-state index contributed by atoms with van der Waals surface area (Å²) in [5, 5.41) is 0. The topological polar surface area (TPSA) is 52.3 Å². The van der Waals surface area contributed by atoms with Crippen molar-refractivity contribution >= 4 is 17.7 Å². The van der Waals surface area contributed by atoms with Gasteiger partial charge < -0.3 is 10.5 Å². The monoisotopic (exact) mass is 279 g/mol. The van der Waals surface area contributed by atoms with Gasteiger partial charge in [-0.05, 0) is 48.4 Å².